The molecule has 1 aromatic rings. The van der Waals surface area contributed by atoms with Gasteiger partial charge in [0.25, 0.3) is 0 Å². The molecule has 2 fully saturated rings. The average molecular weight is 276 g/mol. The van der Waals surface area contributed by atoms with Crippen LogP contribution in [0.25, 0.3) is 0 Å². The minimum Gasteiger partial charge on any atom is -0.385 e. The van der Waals surface area contributed by atoms with E-state index < -0.39 is 5.60 Å². The number of rotatable bonds is 3. The monoisotopic (exact) mass is 276 g/mol. The predicted molar refractivity (Wildman–Crippen MR) is 82.6 cm³/mol. The third-order valence-electron chi connectivity index (χ3n) is 4.60. The van der Waals surface area contributed by atoms with Gasteiger partial charge in [0.15, 0.2) is 0 Å². The van der Waals surface area contributed by atoms with Crippen LogP contribution < -0.4 is 0 Å². The van der Waals surface area contributed by atoms with Gasteiger partial charge >= 0.3 is 0 Å². The summed E-state index contributed by atoms with van der Waals surface area (Å²) in [5, 5.41) is 12.4. The van der Waals surface area contributed by atoms with Crippen LogP contribution in [-0.2, 0) is 12.0 Å². The van der Waals surface area contributed by atoms with E-state index in [1.54, 1.807) is 0 Å². The van der Waals surface area contributed by atoms with Crippen molar-refractivity contribution in [3.05, 3.63) is 35.4 Å². The summed E-state index contributed by atoms with van der Waals surface area (Å²) in [7, 11) is 0. The molecule has 2 bridgehead atoms. The maximum absolute atomic E-state index is 11.1. The molecule has 104 valence electrons. The van der Waals surface area contributed by atoms with Crippen molar-refractivity contribution in [2.24, 2.45) is 0 Å². The van der Waals surface area contributed by atoms with Gasteiger partial charge in [-0.05, 0) is 43.2 Å². The van der Waals surface area contributed by atoms with Crippen LogP contribution in [-0.4, -0.2) is 15.6 Å². The third kappa shape index (κ3) is 2.85. The van der Waals surface area contributed by atoms with Crippen molar-refractivity contribution in [3.63, 3.8) is 0 Å². The van der Waals surface area contributed by atoms with E-state index in [4.69, 9.17) is 0 Å². The second kappa shape index (κ2) is 5.49. The molecule has 0 aliphatic carbocycles. The van der Waals surface area contributed by atoms with Gasteiger partial charge in [-0.25, -0.2) is 0 Å². The summed E-state index contributed by atoms with van der Waals surface area (Å²) in [5.74, 6) is 0. The number of hydrogen-bond donors (Lipinski definition) is 1. The SMILES string of the molecule is CCCc1ccc(C2(O)CC3CCCC(C2)S3)cc1. The number of hydrogen-bond acceptors (Lipinski definition) is 2. The highest BCUT2D eigenvalue weighted by molar-refractivity contribution is 8.00. The van der Waals surface area contributed by atoms with E-state index in [-0.39, 0.29) is 0 Å². The van der Waals surface area contributed by atoms with E-state index >= 15 is 0 Å². The van der Waals surface area contributed by atoms with Gasteiger partial charge in [0.05, 0.1) is 5.60 Å². The molecule has 0 saturated carbocycles. The van der Waals surface area contributed by atoms with Crippen LogP contribution in [0.15, 0.2) is 24.3 Å². The molecule has 2 saturated heterocycles. The molecular weight excluding hydrogens is 252 g/mol. The van der Waals surface area contributed by atoms with Crippen LogP contribution in [0.1, 0.15) is 56.6 Å². The summed E-state index contributed by atoms with van der Waals surface area (Å²) in [6.07, 6.45) is 8.15. The zero-order valence-corrected chi connectivity index (χ0v) is 12.6. The minimum absolute atomic E-state index is 0.564. The molecule has 2 heteroatoms. The Kier molecular flexibility index (Phi) is 3.91. The van der Waals surface area contributed by atoms with Gasteiger partial charge in [-0.3, -0.25) is 0 Å². The first-order chi connectivity index (χ1) is 9.19. The fraction of sp³-hybridized carbons (Fsp3) is 0.647. The maximum Gasteiger partial charge on any atom is 0.0917 e. The maximum atomic E-state index is 11.1. The molecule has 2 atom stereocenters. The lowest BCUT2D eigenvalue weighted by molar-refractivity contribution is 0.00812. The molecule has 2 aliphatic heterocycles. The first-order valence-electron chi connectivity index (χ1n) is 7.67. The molecule has 1 aromatic carbocycles. The first kappa shape index (κ1) is 13.5. The number of aliphatic hydroxyl groups is 1. The molecule has 0 aromatic heterocycles. The number of aryl methyl sites for hydroxylation is 1. The van der Waals surface area contributed by atoms with Gasteiger partial charge in [0.1, 0.15) is 0 Å². The highest BCUT2D eigenvalue weighted by Crippen LogP contribution is 2.49. The summed E-state index contributed by atoms with van der Waals surface area (Å²) >= 11 is 2.12. The summed E-state index contributed by atoms with van der Waals surface area (Å²) in [6, 6.07) is 8.73. The van der Waals surface area contributed by atoms with E-state index in [2.05, 4.69) is 43.0 Å². The van der Waals surface area contributed by atoms with Crippen molar-refractivity contribution in [2.45, 2.75) is 68.0 Å². The van der Waals surface area contributed by atoms with E-state index in [0.717, 1.165) is 24.8 Å². The van der Waals surface area contributed by atoms with Crippen LogP contribution >= 0.6 is 11.8 Å². The fourth-order valence-electron chi connectivity index (χ4n) is 3.62. The normalized spacial score (nSPS) is 34.2. The van der Waals surface area contributed by atoms with Gasteiger partial charge in [-0.15, -0.1) is 0 Å². The fourth-order valence-corrected chi connectivity index (χ4v) is 5.52. The Hall–Kier alpha value is -0.470. The lowest BCUT2D eigenvalue weighted by Crippen LogP contribution is -2.40. The Morgan fingerprint density at radius 2 is 1.79 bits per heavy atom. The number of thioether (sulfide) groups is 1. The minimum atomic E-state index is -0.564. The summed E-state index contributed by atoms with van der Waals surface area (Å²) in [4.78, 5) is 0. The summed E-state index contributed by atoms with van der Waals surface area (Å²) in [5.41, 5.74) is 1.97. The van der Waals surface area contributed by atoms with E-state index in [9.17, 15) is 5.11 Å². The Bertz CT molecular complexity index is 413. The van der Waals surface area contributed by atoms with Crippen LogP contribution in [0.2, 0.25) is 0 Å². The first-order valence-corrected chi connectivity index (χ1v) is 8.61. The summed E-state index contributed by atoms with van der Waals surface area (Å²) < 4.78 is 0. The highest BCUT2D eigenvalue weighted by atomic mass is 32.2. The van der Waals surface area contributed by atoms with Crippen LogP contribution in [0, 0.1) is 0 Å². The second-order valence-corrected chi connectivity index (χ2v) is 7.80. The van der Waals surface area contributed by atoms with Crippen molar-refractivity contribution in [1.82, 2.24) is 0 Å². The van der Waals surface area contributed by atoms with Crippen molar-refractivity contribution < 1.29 is 5.11 Å². The third-order valence-corrected chi connectivity index (χ3v) is 6.17. The second-order valence-electron chi connectivity index (χ2n) is 6.20. The van der Waals surface area contributed by atoms with Gasteiger partial charge in [0.2, 0.25) is 0 Å². The van der Waals surface area contributed by atoms with Crippen LogP contribution in [0.3, 0.4) is 0 Å². The zero-order chi connectivity index (χ0) is 13.3. The topological polar surface area (TPSA) is 20.2 Å². The number of benzene rings is 1. The lowest BCUT2D eigenvalue weighted by atomic mass is 9.80. The Balaban J connectivity index is 1.79. The molecule has 1 N–H and O–H groups in total. The van der Waals surface area contributed by atoms with Crippen molar-refractivity contribution in [1.29, 1.82) is 0 Å². The smallest absolute Gasteiger partial charge is 0.0917 e. The summed E-state index contributed by atoms with van der Waals surface area (Å²) in [6.45, 7) is 2.21. The largest absolute Gasteiger partial charge is 0.385 e. The molecule has 0 spiro atoms. The molecule has 2 unspecified atom stereocenters. The van der Waals surface area contributed by atoms with Crippen molar-refractivity contribution >= 4 is 11.8 Å². The molecule has 0 amide bonds. The molecule has 19 heavy (non-hydrogen) atoms. The zero-order valence-electron chi connectivity index (χ0n) is 11.8. The van der Waals surface area contributed by atoms with E-state index in [0.29, 0.717) is 10.5 Å². The van der Waals surface area contributed by atoms with Crippen molar-refractivity contribution in [2.75, 3.05) is 0 Å². The van der Waals surface area contributed by atoms with E-state index in [1.807, 2.05) is 0 Å². The average Bonchev–Trinajstić information content (AvgIpc) is 2.39. The number of fused-ring (bicyclic) bond motifs is 2. The van der Waals surface area contributed by atoms with Gasteiger partial charge < -0.3 is 5.11 Å². The van der Waals surface area contributed by atoms with Crippen molar-refractivity contribution in [3.8, 4) is 0 Å². The Morgan fingerprint density at radius 1 is 1.16 bits per heavy atom. The van der Waals surface area contributed by atoms with Gasteiger partial charge in [-0.2, -0.15) is 11.8 Å². The quantitative estimate of drug-likeness (QED) is 0.889. The molecule has 2 heterocycles. The van der Waals surface area contributed by atoms with Crippen LogP contribution in [0.4, 0.5) is 0 Å². The molecule has 1 nitrogen and oxygen atoms in total. The highest BCUT2D eigenvalue weighted by Gasteiger charge is 2.42. The van der Waals surface area contributed by atoms with Crippen LogP contribution in [0.5, 0.6) is 0 Å². The molecule has 3 rings (SSSR count). The van der Waals surface area contributed by atoms with Gasteiger partial charge in [-0.1, -0.05) is 44.0 Å². The molecular formula is C17H24OS. The predicted octanol–water partition coefficient (Wildman–Crippen LogP) is 4.27. The Morgan fingerprint density at radius 3 is 2.37 bits per heavy atom. The van der Waals surface area contributed by atoms with E-state index in [1.165, 1.54) is 31.2 Å². The lowest BCUT2D eigenvalue weighted by Gasteiger charge is -2.44. The Labute approximate surface area is 120 Å². The van der Waals surface area contributed by atoms with Gasteiger partial charge in [0, 0.05) is 10.5 Å². The standard InChI is InChI=1S/C17H24OS/c1-2-4-13-7-9-14(10-8-13)17(18)11-15-5-3-6-16(12-17)19-15/h7-10,15-16,18H,2-6,11-12H2,1H3. The molecule has 2 aliphatic rings. The molecule has 0 radical (unpaired) electrons.